The van der Waals surface area contributed by atoms with Crippen LogP contribution in [0.1, 0.15) is 30.6 Å². The zero-order valence-corrected chi connectivity index (χ0v) is 9.16. The summed E-state index contributed by atoms with van der Waals surface area (Å²) >= 11 is 0. The Morgan fingerprint density at radius 1 is 1.33 bits per heavy atom. The van der Waals surface area contributed by atoms with Gasteiger partial charge in [-0.15, -0.1) is 0 Å². The van der Waals surface area contributed by atoms with E-state index in [2.05, 4.69) is 5.32 Å². The fraction of sp³-hybridized carbons (Fsp3) is 0.417. The van der Waals surface area contributed by atoms with E-state index in [4.69, 9.17) is 0 Å². The van der Waals surface area contributed by atoms with Gasteiger partial charge in [0.25, 0.3) is 5.91 Å². The van der Waals surface area contributed by atoms with E-state index < -0.39 is 5.60 Å². The van der Waals surface area contributed by atoms with Crippen LogP contribution in [-0.4, -0.2) is 23.2 Å². The van der Waals surface area contributed by atoms with Gasteiger partial charge in [-0.05, 0) is 32.4 Å². The molecule has 0 atom stereocenters. The molecule has 0 saturated heterocycles. The summed E-state index contributed by atoms with van der Waals surface area (Å²) in [5, 5.41) is 12.2. The third kappa shape index (κ3) is 4.61. The van der Waals surface area contributed by atoms with Crippen molar-refractivity contribution in [2.24, 2.45) is 0 Å². The van der Waals surface area contributed by atoms with Crippen molar-refractivity contribution in [1.29, 1.82) is 0 Å². The van der Waals surface area contributed by atoms with E-state index in [0.717, 1.165) is 0 Å². The van der Waals surface area contributed by atoms with Gasteiger partial charge < -0.3 is 10.4 Å². The summed E-state index contributed by atoms with van der Waals surface area (Å²) in [4.78, 5) is 11.5. The van der Waals surface area contributed by atoms with Gasteiger partial charge in [0.2, 0.25) is 0 Å². The minimum Gasteiger partial charge on any atom is -0.390 e. The van der Waals surface area contributed by atoms with Crippen molar-refractivity contribution in [3.8, 4) is 0 Å². The second-order valence-electron chi connectivity index (χ2n) is 4.18. The fourth-order valence-corrected chi connectivity index (χ4v) is 1.17. The van der Waals surface area contributed by atoms with E-state index >= 15 is 0 Å². The third-order valence-corrected chi connectivity index (χ3v) is 2.06. The molecule has 0 saturated carbocycles. The van der Waals surface area contributed by atoms with Gasteiger partial charge in [0.15, 0.2) is 0 Å². The molecule has 15 heavy (non-hydrogen) atoms. The molecule has 82 valence electrons. The molecule has 0 aromatic heterocycles. The lowest BCUT2D eigenvalue weighted by Gasteiger charge is -2.16. The Morgan fingerprint density at radius 3 is 2.47 bits per heavy atom. The van der Waals surface area contributed by atoms with Crippen molar-refractivity contribution in [3.63, 3.8) is 0 Å². The second-order valence-corrected chi connectivity index (χ2v) is 4.18. The number of carbonyl (C=O) groups is 1. The lowest BCUT2D eigenvalue weighted by Crippen LogP contribution is -2.30. The molecule has 0 aliphatic heterocycles. The number of hydrogen-bond donors (Lipinski definition) is 2. The zero-order chi connectivity index (χ0) is 11.3. The maximum absolute atomic E-state index is 11.5. The molecule has 0 fully saturated rings. The highest BCUT2D eigenvalue weighted by molar-refractivity contribution is 5.94. The smallest absolute Gasteiger partial charge is 0.251 e. The first-order valence-electron chi connectivity index (χ1n) is 5.05. The highest BCUT2D eigenvalue weighted by Gasteiger charge is 2.12. The molecule has 0 heterocycles. The van der Waals surface area contributed by atoms with Gasteiger partial charge in [-0.3, -0.25) is 4.79 Å². The number of aliphatic hydroxyl groups is 1. The number of nitrogens with one attached hydrogen (secondary N) is 1. The van der Waals surface area contributed by atoms with Gasteiger partial charge in [-0.25, -0.2) is 0 Å². The monoisotopic (exact) mass is 207 g/mol. The number of rotatable bonds is 4. The number of benzene rings is 1. The van der Waals surface area contributed by atoms with Crippen LogP contribution >= 0.6 is 0 Å². The van der Waals surface area contributed by atoms with Gasteiger partial charge in [-0.1, -0.05) is 18.2 Å². The summed E-state index contributed by atoms with van der Waals surface area (Å²) in [6, 6.07) is 9.04. The average molecular weight is 207 g/mol. The first-order chi connectivity index (χ1) is 6.99. The van der Waals surface area contributed by atoms with Crippen LogP contribution in [0.3, 0.4) is 0 Å². The van der Waals surface area contributed by atoms with Crippen molar-refractivity contribution >= 4 is 5.91 Å². The number of hydrogen-bond acceptors (Lipinski definition) is 2. The highest BCUT2D eigenvalue weighted by Crippen LogP contribution is 2.05. The van der Waals surface area contributed by atoms with Crippen LogP contribution in [0.2, 0.25) is 0 Å². The average Bonchev–Trinajstić information content (AvgIpc) is 2.17. The summed E-state index contributed by atoms with van der Waals surface area (Å²) in [6.07, 6.45) is 0.547. The molecule has 1 amide bonds. The zero-order valence-electron chi connectivity index (χ0n) is 9.16. The van der Waals surface area contributed by atoms with Gasteiger partial charge >= 0.3 is 0 Å². The van der Waals surface area contributed by atoms with Gasteiger partial charge in [0.1, 0.15) is 0 Å². The molecule has 0 radical (unpaired) electrons. The molecule has 3 heteroatoms. The lowest BCUT2D eigenvalue weighted by molar-refractivity contribution is 0.0693. The van der Waals surface area contributed by atoms with Crippen LogP contribution in [0.5, 0.6) is 0 Å². The molecule has 0 spiro atoms. The quantitative estimate of drug-likeness (QED) is 0.787. The molecule has 0 bridgehead atoms. The molecule has 1 rings (SSSR count). The van der Waals surface area contributed by atoms with E-state index in [1.807, 2.05) is 18.2 Å². The first kappa shape index (κ1) is 11.7. The maximum atomic E-state index is 11.5. The summed E-state index contributed by atoms with van der Waals surface area (Å²) in [5.41, 5.74) is -0.0857. The Bertz CT molecular complexity index is 314. The topological polar surface area (TPSA) is 49.3 Å². The summed E-state index contributed by atoms with van der Waals surface area (Å²) in [7, 11) is 0. The standard InChI is InChI=1S/C12H17NO2/c1-12(2,15)8-9-13-11(14)10-6-4-3-5-7-10/h3-7,15H,8-9H2,1-2H3,(H,13,14). The first-order valence-corrected chi connectivity index (χ1v) is 5.05. The minimum absolute atomic E-state index is 0.0974. The van der Waals surface area contributed by atoms with Crippen LogP contribution in [0.15, 0.2) is 30.3 Å². The maximum Gasteiger partial charge on any atom is 0.251 e. The van der Waals surface area contributed by atoms with E-state index in [9.17, 15) is 9.90 Å². The Kier molecular flexibility index (Phi) is 3.86. The third-order valence-electron chi connectivity index (χ3n) is 2.06. The molecular formula is C12H17NO2. The highest BCUT2D eigenvalue weighted by atomic mass is 16.3. The lowest BCUT2D eigenvalue weighted by atomic mass is 10.1. The van der Waals surface area contributed by atoms with Crippen LogP contribution in [-0.2, 0) is 0 Å². The van der Waals surface area contributed by atoms with Crippen LogP contribution in [0, 0.1) is 0 Å². The SMILES string of the molecule is CC(C)(O)CCNC(=O)c1ccccc1. The van der Waals surface area contributed by atoms with E-state index in [0.29, 0.717) is 18.5 Å². The Morgan fingerprint density at radius 2 is 1.93 bits per heavy atom. The van der Waals surface area contributed by atoms with E-state index in [1.54, 1.807) is 26.0 Å². The predicted molar refractivity (Wildman–Crippen MR) is 59.7 cm³/mol. The van der Waals surface area contributed by atoms with Crippen molar-refractivity contribution in [3.05, 3.63) is 35.9 Å². The Labute approximate surface area is 90.1 Å². The summed E-state index contributed by atoms with van der Waals surface area (Å²) in [6.45, 7) is 3.93. The van der Waals surface area contributed by atoms with Crippen molar-refractivity contribution in [2.45, 2.75) is 25.9 Å². The van der Waals surface area contributed by atoms with E-state index in [1.165, 1.54) is 0 Å². The number of carbonyl (C=O) groups excluding carboxylic acids is 1. The molecule has 1 aromatic rings. The molecule has 2 N–H and O–H groups in total. The second kappa shape index (κ2) is 4.94. The van der Waals surface area contributed by atoms with Crippen LogP contribution < -0.4 is 5.32 Å². The number of amides is 1. The molecule has 0 aliphatic carbocycles. The largest absolute Gasteiger partial charge is 0.390 e. The Balaban J connectivity index is 2.38. The molecular weight excluding hydrogens is 190 g/mol. The van der Waals surface area contributed by atoms with Crippen LogP contribution in [0.4, 0.5) is 0 Å². The summed E-state index contributed by atoms with van der Waals surface area (Å²) in [5.74, 6) is -0.0974. The van der Waals surface area contributed by atoms with Crippen molar-refractivity contribution in [1.82, 2.24) is 5.32 Å². The fourth-order valence-electron chi connectivity index (χ4n) is 1.17. The van der Waals surface area contributed by atoms with Crippen molar-refractivity contribution < 1.29 is 9.90 Å². The summed E-state index contributed by atoms with van der Waals surface area (Å²) < 4.78 is 0. The normalized spacial score (nSPS) is 11.1. The molecule has 3 nitrogen and oxygen atoms in total. The Hall–Kier alpha value is -1.35. The molecule has 1 aromatic carbocycles. The van der Waals surface area contributed by atoms with Gasteiger partial charge in [-0.2, -0.15) is 0 Å². The predicted octanol–water partition coefficient (Wildman–Crippen LogP) is 1.58. The molecule has 0 aliphatic rings. The van der Waals surface area contributed by atoms with Gasteiger partial charge in [0, 0.05) is 12.1 Å². The minimum atomic E-state index is -0.732. The van der Waals surface area contributed by atoms with Gasteiger partial charge in [0.05, 0.1) is 5.60 Å². The van der Waals surface area contributed by atoms with Crippen molar-refractivity contribution in [2.75, 3.05) is 6.54 Å². The van der Waals surface area contributed by atoms with E-state index in [-0.39, 0.29) is 5.91 Å². The molecule has 0 unspecified atom stereocenters. The van der Waals surface area contributed by atoms with Crippen LogP contribution in [0.25, 0.3) is 0 Å².